The molecule has 0 heterocycles. The molecule has 0 saturated carbocycles. The predicted octanol–water partition coefficient (Wildman–Crippen LogP) is 3.40. The maximum atomic E-state index is 12.3. The Labute approximate surface area is 157 Å². The van der Waals surface area contributed by atoms with Gasteiger partial charge in [-0.05, 0) is 32.6 Å². The van der Waals surface area contributed by atoms with E-state index in [0.717, 1.165) is 0 Å². The molecule has 0 radical (unpaired) electrons. The first-order valence-corrected chi connectivity index (χ1v) is 9.20. The molecule has 0 aliphatic rings. The molecular weight excluding hydrogens is 338 g/mol. The molecule has 1 amide bonds. The highest BCUT2D eigenvalue weighted by Crippen LogP contribution is 2.11. The van der Waals surface area contributed by atoms with Crippen molar-refractivity contribution in [1.82, 2.24) is 4.90 Å². The van der Waals surface area contributed by atoms with Crippen LogP contribution < -0.4 is 0 Å². The molecule has 0 unspecified atom stereocenters. The van der Waals surface area contributed by atoms with Crippen molar-refractivity contribution in [1.29, 1.82) is 0 Å². The predicted molar refractivity (Wildman–Crippen MR) is 98.6 cm³/mol. The van der Waals surface area contributed by atoms with E-state index in [2.05, 4.69) is 0 Å². The summed E-state index contributed by atoms with van der Waals surface area (Å²) in [5.41, 5.74) is -0.661. The number of esters is 2. The monoisotopic (exact) mass is 373 g/mol. The number of hydrogen-bond acceptors (Lipinski definition) is 6. The molecule has 26 heavy (non-hydrogen) atoms. The van der Waals surface area contributed by atoms with Crippen LogP contribution in [0.1, 0.15) is 61.3 Å². The number of nitrogens with zero attached hydrogens (tertiary/aromatic N) is 1. The van der Waals surface area contributed by atoms with Gasteiger partial charge in [-0.1, -0.05) is 27.7 Å². The molecule has 0 N–H and O–H groups in total. The summed E-state index contributed by atoms with van der Waals surface area (Å²) in [4.78, 5) is 37.2. The molecule has 0 fully saturated rings. The van der Waals surface area contributed by atoms with Gasteiger partial charge in [-0.3, -0.25) is 9.59 Å². The number of carbonyl (C=O) groups excluding carboxylic acids is 3. The van der Waals surface area contributed by atoms with E-state index >= 15 is 0 Å². The van der Waals surface area contributed by atoms with Gasteiger partial charge in [0.15, 0.2) is 0 Å². The van der Waals surface area contributed by atoms with Crippen molar-refractivity contribution < 1.29 is 28.6 Å². The van der Waals surface area contributed by atoms with Crippen molar-refractivity contribution in [3.05, 3.63) is 0 Å². The Kier molecular flexibility index (Phi) is 10.9. The summed E-state index contributed by atoms with van der Waals surface area (Å²) in [6, 6.07) is 0. The van der Waals surface area contributed by atoms with Gasteiger partial charge >= 0.3 is 18.0 Å². The largest absolute Gasteiger partial charge is 0.465 e. The molecule has 0 rings (SSSR count). The smallest absolute Gasteiger partial charge is 0.410 e. The highest BCUT2D eigenvalue weighted by Gasteiger charge is 2.23. The minimum absolute atomic E-state index is 0.0486. The van der Waals surface area contributed by atoms with E-state index in [4.69, 9.17) is 14.2 Å². The van der Waals surface area contributed by atoms with E-state index in [1.807, 2.05) is 27.7 Å². The number of carbonyl (C=O) groups is 3. The second-order valence-electron chi connectivity index (χ2n) is 8.12. The first-order valence-electron chi connectivity index (χ1n) is 9.20. The molecule has 7 heteroatoms. The van der Waals surface area contributed by atoms with Gasteiger partial charge in [-0.15, -0.1) is 0 Å². The van der Waals surface area contributed by atoms with Gasteiger partial charge in [0.05, 0.1) is 26.1 Å². The third-order valence-electron chi connectivity index (χ3n) is 2.98. The molecule has 0 atom stereocenters. The fourth-order valence-corrected chi connectivity index (χ4v) is 1.74. The van der Waals surface area contributed by atoms with Crippen LogP contribution in [-0.2, 0) is 23.8 Å². The molecule has 0 saturated heterocycles. The Hall–Kier alpha value is -1.79. The normalized spacial score (nSPS) is 11.4. The van der Waals surface area contributed by atoms with E-state index < -0.39 is 11.7 Å². The number of ether oxygens (including phenoxy) is 3. The van der Waals surface area contributed by atoms with E-state index in [9.17, 15) is 14.4 Å². The molecule has 152 valence electrons. The second-order valence-corrected chi connectivity index (χ2v) is 8.12. The Bertz CT molecular complexity index is 425. The lowest BCUT2D eigenvalue weighted by Crippen LogP contribution is -2.39. The average molecular weight is 373 g/mol. The van der Waals surface area contributed by atoms with Crippen LogP contribution in [-0.4, -0.2) is 54.8 Å². The van der Waals surface area contributed by atoms with Crippen LogP contribution in [0.25, 0.3) is 0 Å². The van der Waals surface area contributed by atoms with Crippen molar-refractivity contribution in [3.63, 3.8) is 0 Å². The third-order valence-corrected chi connectivity index (χ3v) is 2.98. The molecule has 0 aliphatic heterocycles. The molecule has 0 spiro atoms. The zero-order valence-electron chi connectivity index (χ0n) is 17.3. The summed E-state index contributed by atoms with van der Waals surface area (Å²) in [7, 11) is 0. The van der Waals surface area contributed by atoms with Gasteiger partial charge < -0.3 is 19.1 Å². The highest BCUT2D eigenvalue weighted by molar-refractivity contribution is 5.73. The maximum absolute atomic E-state index is 12.3. The Morgan fingerprint density at radius 2 is 1.19 bits per heavy atom. The minimum Gasteiger partial charge on any atom is -0.465 e. The SMILES string of the molecule is CC(C)COC(=O)CCN(CCC(=O)OCC(C)C)C(=O)OC(C)(C)C. The van der Waals surface area contributed by atoms with Crippen molar-refractivity contribution >= 4 is 18.0 Å². The lowest BCUT2D eigenvalue weighted by atomic mass is 10.2. The zero-order chi connectivity index (χ0) is 20.3. The molecule has 0 aromatic rings. The molecule has 0 aromatic carbocycles. The first-order chi connectivity index (χ1) is 11.9. The second kappa shape index (κ2) is 11.8. The summed E-state index contributed by atoms with van der Waals surface area (Å²) >= 11 is 0. The number of amides is 1. The van der Waals surface area contributed by atoms with Crippen LogP contribution >= 0.6 is 0 Å². The van der Waals surface area contributed by atoms with Crippen LogP contribution in [0.5, 0.6) is 0 Å². The number of hydrogen-bond donors (Lipinski definition) is 0. The minimum atomic E-state index is -0.661. The van der Waals surface area contributed by atoms with E-state index in [0.29, 0.717) is 13.2 Å². The maximum Gasteiger partial charge on any atom is 0.410 e. The van der Waals surface area contributed by atoms with Crippen LogP contribution in [0, 0.1) is 11.8 Å². The summed E-state index contributed by atoms with van der Waals surface area (Å²) < 4.78 is 15.6. The Morgan fingerprint density at radius 1 is 0.808 bits per heavy atom. The summed E-state index contributed by atoms with van der Waals surface area (Å²) in [5, 5.41) is 0. The quantitative estimate of drug-likeness (QED) is 0.431. The number of rotatable bonds is 10. The zero-order valence-corrected chi connectivity index (χ0v) is 17.3. The van der Waals surface area contributed by atoms with Crippen LogP contribution in [0.2, 0.25) is 0 Å². The van der Waals surface area contributed by atoms with Gasteiger partial charge in [-0.2, -0.15) is 0 Å². The lowest BCUT2D eigenvalue weighted by Gasteiger charge is -2.27. The topological polar surface area (TPSA) is 82.1 Å². The third kappa shape index (κ3) is 13.5. The van der Waals surface area contributed by atoms with Crippen molar-refractivity contribution in [2.24, 2.45) is 11.8 Å². The fraction of sp³-hybridized carbons (Fsp3) is 0.842. The first kappa shape index (κ1) is 24.2. The summed E-state index contributed by atoms with van der Waals surface area (Å²) in [6.45, 7) is 14.0. The van der Waals surface area contributed by atoms with Gasteiger partial charge in [-0.25, -0.2) is 4.79 Å². The van der Waals surface area contributed by atoms with Gasteiger partial charge in [0.25, 0.3) is 0 Å². The van der Waals surface area contributed by atoms with Gasteiger partial charge in [0.1, 0.15) is 5.60 Å². The fourth-order valence-electron chi connectivity index (χ4n) is 1.74. The van der Waals surface area contributed by atoms with E-state index in [-0.39, 0.29) is 49.7 Å². The van der Waals surface area contributed by atoms with Crippen molar-refractivity contribution in [3.8, 4) is 0 Å². The molecule has 0 bridgehead atoms. The van der Waals surface area contributed by atoms with E-state index in [1.165, 1.54) is 4.90 Å². The van der Waals surface area contributed by atoms with Crippen LogP contribution in [0.3, 0.4) is 0 Å². The molecule has 0 aromatic heterocycles. The van der Waals surface area contributed by atoms with Crippen LogP contribution in [0.15, 0.2) is 0 Å². The molecule has 7 nitrogen and oxygen atoms in total. The standard InChI is InChI=1S/C19H35NO6/c1-14(2)12-24-16(21)8-10-20(18(23)26-19(5,6)7)11-9-17(22)25-13-15(3)4/h14-15H,8-13H2,1-7H3. The van der Waals surface area contributed by atoms with Crippen molar-refractivity contribution in [2.45, 2.75) is 66.9 Å². The van der Waals surface area contributed by atoms with Gasteiger partial charge in [0.2, 0.25) is 0 Å². The Balaban J connectivity index is 4.62. The lowest BCUT2D eigenvalue weighted by molar-refractivity contribution is -0.145. The van der Waals surface area contributed by atoms with E-state index in [1.54, 1.807) is 20.8 Å². The summed E-state index contributed by atoms with van der Waals surface area (Å²) in [6.07, 6.45) is -0.467. The van der Waals surface area contributed by atoms with Crippen molar-refractivity contribution in [2.75, 3.05) is 26.3 Å². The highest BCUT2D eigenvalue weighted by atomic mass is 16.6. The summed E-state index contributed by atoms with van der Waals surface area (Å²) in [5.74, 6) is -0.266. The molecular formula is C19H35NO6. The Morgan fingerprint density at radius 3 is 1.50 bits per heavy atom. The average Bonchev–Trinajstić information content (AvgIpc) is 2.48. The van der Waals surface area contributed by atoms with Gasteiger partial charge in [0, 0.05) is 13.1 Å². The molecule has 0 aliphatic carbocycles. The van der Waals surface area contributed by atoms with Crippen LogP contribution in [0.4, 0.5) is 4.79 Å².